The van der Waals surface area contributed by atoms with Crippen molar-refractivity contribution in [1.82, 2.24) is 4.90 Å². The Morgan fingerprint density at radius 1 is 0.944 bits per heavy atom. The molecule has 0 fully saturated rings. The molecule has 1 N–H and O–H groups in total. The van der Waals surface area contributed by atoms with Crippen molar-refractivity contribution in [2.24, 2.45) is 0 Å². The van der Waals surface area contributed by atoms with Crippen molar-refractivity contribution in [1.29, 1.82) is 0 Å². The van der Waals surface area contributed by atoms with Gasteiger partial charge in [0.2, 0.25) is 5.91 Å². The number of hydrogen-bond acceptors (Lipinski definition) is 5. The van der Waals surface area contributed by atoms with E-state index in [0.29, 0.717) is 17.9 Å². The number of amides is 2. The van der Waals surface area contributed by atoms with Crippen LogP contribution in [0.15, 0.2) is 83.8 Å². The fourth-order valence-electron chi connectivity index (χ4n) is 3.53. The van der Waals surface area contributed by atoms with Gasteiger partial charge in [0.1, 0.15) is 17.4 Å². The van der Waals surface area contributed by atoms with E-state index < -0.39 is 17.7 Å². The molecule has 0 aromatic heterocycles. The number of anilines is 1. The maximum Gasteiger partial charge on any atom is 0.410 e. The second kappa shape index (κ2) is 12.5. The van der Waals surface area contributed by atoms with E-state index in [1.807, 2.05) is 60.7 Å². The summed E-state index contributed by atoms with van der Waals surface area (Å²) in [5, 5.41) is 2.96. The zero-order valence-electron chi connectivity index (χ0n) is 21.5. The van der Waals surface area contributed by atoms with Crippen LogP contribution < -0.4 is 10.1 Å². The van der Waals surface area contributed by atoms with Gasteiger partial charge in [-0.3, -0.25) is 9.69 Å². The van der Waals surface area contributed by atoms with Gasteiger partial charge in [-0.15, -0.1) is 11.8 Å². The average molecular weight is 507 g/mol. The minimum absolute atomic E-state index is 0.307. The molecule has 0 aliphatic carbocycles. The van der Waals surface area contributed by atoms with Crippen LogP contribution in [0.3, 0.4) is 0 Å². The Labute approximate surface area is 218 Å². The quantitative estimate of drug-likeness (QED) is 0.340. The van der Waals surface area contributed by atoms with Crippen molar-refractivity contribution in [3.05, 3.63) is 90.0 Å². The van der Waals surface area contributed by atoms with E-state index in [2.05, 4.69) is 17.4 Å². The van der Waals surface area contributed by atoms with Crippen LogP contribution in [0, 0.1) is 0 Å². The molecule has 0 saturated heterocycles. The van der Waals surface area contributed by atoms with Crippen molar-refractivity contribution in [3.8, 4) is 5.75 Å². The third-order valence-corrected chi connectivity index (χ3v) is 6.52. The Kier molecular flexibility index (Phi) is 9.42. The number of carbonyl (C=O) groups is 2. The molecule has 0 bridgehead atoms. The molecule has 3 rings (SSSR count). The van der Waals surface area contributed by atoms with Crippen LogP contribution in [0.4, 0.5) is 10.5 Å². The Bertz CT molecular complexity index is 1150. The number of nitrogens with one attached hydrogen (secondary N) is 1. The monoisotopic (exact) mass is 506 g/mol. The Morgan fingerprint density at radius 2 is 1.56 bits per heavy atom. The summed E-state index contributed by atoms with van der Waals surface area (Å²) in [4.78, 5) is 28.5. The molecule has 0 unspecified atom stereocenters. The van der Waals surface area contributed by atoms with Gasteiger partial charge in [0.25, 0.3) is 0 Å². The van der Waals surface area contributed by atoms with Gasteiger partial charge in [0.05, 0.1) is 7.11 Å². The maximum atomic E-state index is 13.4. The summed E-state index contributed by atoms with van der Waals surface area (Å²) in [6, 6.07) is 24.6. The number of thioether (sulfide) groups is 1. The van der Waals surface area contributed by atoms with Gasteiger partial charge in [-0.05, 0) is 44.0 Å². The molecule has 0 aliphatic heterocycles. The van der Waals surface area contributed by atoms with Gasteiger partial charge in [0, 0.05) is 35.9 Å². The molecular weight excluding hydrogens is 472 g/mol. The van der Waals surface area contributed by atoms with Crippen LogP contribution in [0.1, 0.15) is 31.9 Å². The first-order chi connectivity index (χ1) is 17.2. The number of rotatable bonds is 9. The molecule has 0 heterocycles. The molecule has 3 aromatic carbocycles. The zero-order chi connectivity index (χ0) is 26.1. The van der Waals surface area contributed by atoms with E-state index in [-0.39, 0.29) is 5.91 Å². The smallest absolute Gasteiger partial charge is 0.410 e. The molecule has 7 heteroatoms. The first kappa shape index (κ1) is 27.1. The van der Waals surface area contributed by atoms with E-state index in [0.717, 1.165) is 16.2 Å². The standard InChI is InChI=1S/C29H34N2O4S/c1-29(2,3)35-28(33)31(4)24(18-21-12-8-6-9-13-21)27(32)30-23-16-17-26(25(19-23)34-5)36-20-22-14-10-7-11-15-22/h6-17,19,24H,18,20H2,1-5H3,(H,30,32)/t24-/m0/s1. The first-order valence-corrected chi connectivity index (χ1v) is 12.8. The van der Waals surface area contributed by atoms with Crippen LogP contribution >= 0.6 is 11.8 Å². The van der Waals surface area contributed by atoms with Crippen LogP contribution in [-0.4, -0.2) is 42.7 Å². The highest BCUT2D eigenvalue weighted by molar-refractivity contribution is 7.98. The molecule has 190 valence electrons. The largest absolute Gasteiger partial charge is 0.496 e. The molecule has 36 heavy (non-hydrogen) atoms. The molecule has 0 spiro atoms. The summed E-state index contributed by atoms with van der Waals surface area (Å²) in [7, 11) is 3.20. The minimum atomic E-state index is -0.764. The number of carbonyl (C=O) groups excluding carboxylic acids is 2. The van der Waals surface area contributed by atoms with E-state index in [9.17, 15) is 9.59 Å². The third-order valence-electron chi connectivity index (χ3n) is 5.39. The molecule has 6 nitrogen and oxygen atoms in total. The lowest BCUT2D eigenvalue weighted by molar-refractivity contribution is -0.120. The lowest BCUT2D eigenvalue weighted by atomic mass is 10.0. The molecular formula is C29H34N2O4S. The summed E-state index contributed by atoms with van der Waals surface area (Å²) < 4.78 is 11.1. The number of benzene rings is 3. The van der Waals surface area contributed by atoms with Gasteiger partial charge in [-0.2, -0.15) is 0 Å². The summed E-state index contributed by atoms with van der Waals surface area (Å²) in [5.74, 6) is 1.18. The van der Waals surface area contributed by atoms with E-state index in [1.54, 1.807) is 52.8 Å². The Morgan fingerprint density at radius 3 is 2.14 bits per heavy atom. The molecule has 0 aliphatic rings. The number of likely N-dealkylation sites (N-methyl/N-ethyl adjacent to an activating group) is 1. The fourth-order valence-corrected chi connectivity index (χ4v) is 4.49. The lowest BCUT2D eigenvalue weighted by Crippen LogP contribution is -2.48. The molecule has 0 saturated carbocycles. The van der Waals surface area contributed by atoms with Crippen molar-refractivity contribution in [2.75, 3.05) is 19.5 Å². The topological polar surface area (TPSA) is 67.9 Å². The van der Waals surface area contributed by atoms with Crippen LogP contribution in [0.5, 0.6) is 5.75 Å². The minimum Gasteiger partial charge on any atom is -0.496 e. The number of ether oxygens (including phenoxy) is 2. The second-order valence-electron chi connectivity index (χ2n) is 9.43. The van der Waals surface area contributed by atoms with Gasteiger partial charge < -0.3 is 14.8 Å². The highest BCUT2D eigenvalue weighted by atomic mass is 32.2. The Hall–Kier alpha value is -3.45. The normalized spacial score (nSPS) is 11.9. The van der Waals surface area contributed by atoms with Gasteiger partial charge >= 0.3 is 6.09 Å². The van der Waals surface area contributed by atoms with Crippen LogP contribution in [0.2, 0.25) is 0 Å². The van der Waals surface area contributed by atoms with E-state index >= 15 is 0 Å². The third kappa shape index (κ3) is 8.05. The molecule has 2 amide bonds. The summed E-state index contributed by atoms with van der Waals surface area (Å²) in [6.45, 7) is 5.40. The highest BCUT2D eigenvalue weighted by Crippen LogP contribution is 2.34. The highest BCUT2D eigenvalue weighted by Gasteiger charge is 2.30. The second-order valence-corrected chi connectivity index (χ2v) is 10.4. The van der Waals surface area contributed by atoms with Crippen LogP contribution in [0.25, 0.3) is 0 Å². The maximum absolute atomic E-state index is 13.4. The lowest BCUT2D eigenvalue weighted by Gasteiger charge is -2.30. The SMILES string of the molecule is COc1cc(NC(=O)[C@H](Cc2ccccc2)N(C)C(=O)OC(C)(C)C)ccc1SCc1ccccc1. The number of methoxy groups -OCH3 is 1. The van der Waals surface area contributed by atoms with Crippen molar-refractivity contribution in [3.63, 3.8) is 0 Å². The summed E-state index contributed by atoms with van der Waals surface area (Å²) >= 11 is 1.67. The Balaban J connectivity index is 1.76. The average Bonchev–Trinajstić information content (AvgIpc) is 2.86. The zero-order valence-corrected chi connectivity index (χ0v) is 22.3. The summed E-state index contributed by atoms with van der Waals surface area (Å²) in [6.07, 6.45) is -0.200. The predicted molar refractivity (Wildman–Crippen MR) is 146 cm³/mol. The molecule has 1 atom stereocenters. The van der Waals surface area contributed by atoms with Gasteiger partial charge in [-0.25, -0.2) is 4.79 Å². The van der Waals surface area contributed by atoms with E-state index in [1.165, 1.54) is 10.5 Å². The van der Waals surface area contributed by atoms with E-state index in [4.69, 9.17) is 9.47 Å². The van der Waals surface area contributed by atoms with Crippen molar-refractivity contribution >= 4 is 29.4 Å². The number of nitrogens with zero attached hydrogens (tertiary/aromatic N) is 1. The van der Waals surface area contributed by atoms with Crippen molar-refractivity contribution in [2.45, 2.75) is 49.5 Å². The fraction of sp³-hybridized carbons (Fsp3) is 0.310. The van der Waals surface area contributed by atoms with Gasteiger partial charge in [0.15, 0.2) is 0 Å². The predicted octanol–water partition coefficient (Wildman–Crippen LogP) is 6.40. The first-order valence-electron chi connectivity index (χ1n) is 11.8. The van der Waals surface area contributed by atoms with Crippen LogP contribution in [-0.2, 0) is 21.7 Å². The van der Waals surface area contributed by atoms with Gasteiger partial charge in [-0.1, -0.05) is 60.7 Å². The molecule has 3 aromatic rings. The van der Waals surface area contributed by atoms with Crippen molar-refractivity contribution < 1.29 is 19.1 Å². The number of hydrogen-bond donors (Lipinski definition) is 1. The summed E-state index contributed by atoms with van der Waals surface area (Å²) in [5.41, 5.74) is 2.09. The molecule has 0 radical (unpaired) electrons.